The van der Waals surface area contributed by atoms with Gasteiger partial charge in [-0.3, -0.25) is 9.79 Å². The molecule has 0 aromatic heterocycles. The number of aliphatic imine (C=N–C) groups is 1. The first-order valence-electron chi connectivity index (χ1n) is 5.45. The molecule has 0 bridgehead atoms. The molecule has 1 aromatic carbocycles. The summed E-state index contributed by atoms with van der Waals surface area (Å²) in [6.45, 7) is 0.660. The molecule has 2 aliphatic rings. The van der Waals surface area contributed by atoms with Crippen molar-refractivity contribution in [2.75, 3.05) is 6.54 Å². The second-order valence-electron chi connectivity index (χ2n) is 4.29. The molecular formula is C12H13N3O. The molecule has 1 amide bonds. The number of hydrogen-bond acceptors (Lipinski definition) is 3. The van der Waals surface area contributed by atoms with Gasteiger partial charge >= 0.3 is 0 Å². The summed E-state index contributed by atoms with van der Waals surface area (Å²) in [5.41, 5.74) is 8.72. The Labute approximate surface area is 93.6 Å². The summed E-state index contributed by atoms with van der Waals surface area (Å²) >= 11 is 0. The van der Waals surface area contributed by atoms with E-state index in [1.807, 2.05) is 18.2 Å². The Morgan fingerprint density at radius 1 is 1.44 bits per heavy atom. The molecule has 0 radical (unpaired) electrons. The summed E-state index contributed by atoms with van der Waals surface area (Å²) in [5, 5.41) is 3.12. The quantitative estimate of drug-likeness (QED) is 0.724. The molecule has 3 N–H and O–H groups in total. The minimum atomic E-state index is -0.275. The zero-order valence-corrected chi connectivity index (χ0v) is 8.81. The van der Waals surface area contributed by atoms with Crippen LogP contribution >= 0.6 is 0 Å². The number of primary amides is 1. The number of carbonyl (C=O) groups excluding carboxylic acids is 1. The van der Waals surface area contributed by atoms with Crippen LogP contribution in [0.3, 0.4) is 0 Å². The fraction of sp³-hybridized carbons (Fsp3) is 0.333. The van der Waals surface area contributed by atoms with Gasteiger partial charge in [0.1, 0.15) is 0 Å². The van der Waals surface area contributed by atoms with Crippen LogP contribution in [0.15, 0.2) is 29.3 Å². The fourth-order valence-electron chi connectivity index (χ4n) is 2.49. The molecule has 0 spiro atoms. The molecule has 16 heavy (non-hydrogen) atoms. The zero-order chi connectivity index (χ0) is 11.1. The third kappa shape index (κ3) is 1.34. The van der Waals surface area contributed by atoms with Crippen LogP contribution in [0, 0.1) is 0 Å². The van der Waals surface area contributed by atoms with Crippen molar-refractivity contribution < 1.29 is 4.79 Å². The molecule has 82 valence electrons. The van der Waals surface area contributed by atoms with E-state index in [4.69, 9.17) is 5.73 Å². The number of amides is 1. The Hall–Kier alpha value is -1.68. The first kappa shape index (κ1) is 9.54. The number of nitrogens with zero attached hydrogens (tertiary/aromatic N) is 1. The van der Waals surface area contributed by atoms with Gasteiger partial charge in [-0.15, -0.1) is 0 Å². The number of para-hydroxylation sites is 1. The fourth-order valence-corrected chi connectivity index (χ4v) is 2.49. The number of carbonyl (C=O) groups is 1. The smallest absolute Gasteiger partial charge is 0.234 e. The summed E-state index contributed by atoms with van der Waals surface area (Å²) < 4.78 is 0. The van der Waals surface area contributed by atoms with Crippen LogP contribution in [0.5, 0.6) is 0 Å². The first-order valence-corrected chi connectivity index (χ1v) is 5.45. The highest BCUT2D eigenvalue weighted by atomic mass is 16.1. The lowest BCUT2D eigenvalue weighted by Crippen LogP contribution is -2.49. The largest absolute Gasteiger partial charge is 0.368 e. The second-order valence-corrected chi connectivity index (χ2v) is 4.29. The Bertz CT molecular complexity index is 481. The highest BCUT2D eigenvalue weighted by Gasteiger charge is 2.34. The maximum absolute atomic E-state index is 11.2. The number of rotatable bonds is 1. The molecule has 1 aromatic rings. The molecule has 2 unspecified atom stereocenters. The van der Waals surface area contributed by atoms with E-state index in [0.29, 0.717) is 6.54 Å². The lowest BCUT2D eigenvalue weighted by atomic mass is 9.86. The van der Waals surface area contributed by atoms with Crippen molar-refractivity contribution in [3.63, 3.8) is 0 Å². The normalized spacial score (nSPS) is 26.9. The summed E-state index contributed by atoms with van der Waals surface area (Å²) in [7, 11) is 0. The van der Waals surface area contributed by atoms with Crippen molar-refractivity contribution in [3.8, 4) is 0 Å². The van der Waals surface area contributed by atoms with Gasteiger partial charge in [0.15, 0.2) is 0 Å². The SMILES string of the molecule is NC(=O)C1CC2C(=Nc3ccccc32)CN1. The minimum Gasteiger partial charge on any atom is -0.368 e. The van der Waals surface area contributed by atoms with Crippen molar-refractivity contribution in [2.24, 2.45) is 10.7 Å². The number of piperidine rings is 1. The van der Waals surface area contributed by atoms with Crippen molar-refractivity contribution in [3.05, 3.63) is 29.8 Å². The average molecular weight is 215 g/mol. The predicted molar refractivity (Wildman–Crippen MR) is 61.9 cm³/mol. The van der Waals surface area contributed by atoms with Gasteiger partial charge in [-0.05, 0) is 18.1 Å². The number of nitrogens with two attached hydrogens (primary N) is 1. The maximum Gasteiger partial charge on any atom is 0.234 e. The van der Waals surface area contributed by atoms with E-state index in [1.165, 1.54) is 5.56 Å². The molecule has 0 aliphatic carbocycles. The van der Waals surface area contributed by atoms with Gasteiger partial charge in [0.25, 0.3) is 0 Å². The Balaban J connectivity index is 1.94. The standard InChI is InChI=1S/C12H13N3O/c13-12(16)10-5-8-7-3-1-2-4-9(7)15-11(8)6-14-10/h1-4,8,10,14H,5-6H2,(H2,13,16). The van der Waals surface area contributed by atoms with Gasteiger partial charge in [-0.25, -0.2) is 0 Å². The molecule has 2 aliphatic heterocycles. The average Bonchev–Trinajstić information content (AvgIpc) is 2.66. The number of fused-ring (bicyclic) bond motifs is 3. The Kier molecular flexibility index (Phi) is 2.04. The Morgan fingerprint density at radius 3 is 3.06 bits per heavy atom. The van der Waals surface area contributed by atoms with E-state index in [2.05, 4.69) is 16.4 Å². The molecule has 2 heterocycles. The van der Waals surface area contributed by atoms with Gasteiger partial charge in [-0.1, -0.05) is 18.2 Å². The van der Waals surface area contributed by atoms with Gasteiger partial charge in [0.2, 0.25) is 5.91 Å². The lowest BCUT2D eigenvalue weighted by molar-refractivity contribution is -0.120. The van der Waals surface area contributed by atoms with Gasteiger partial charge in [-0.2, -0.15) is 0 Å². The van der Waals surface area contributed by atoms with Gasteiger partial charge < -0.3 is 11.1 Å². The Morgan fingerprint density at radius 2 is 2.25 bits per heavy atom. The maximum atomic E-state index is 11.2. The number of nitrogens with one attached hydrogen (secondary N) is 1. The van der Waals surface area contributed by atoms with Crippen LogP contribution in [-0.4, -0.2) is 24.2 Å². The monoisotopic (exact) mass is 215 g/mol. The van der Waals surface area contributed by atoms with E-state index in [9.17, 15) is 4.79 Å². The van der Waals surface area contributed by atoms with Crippen molar-refractivity contribution >= 4 is 17.3 Å². The predicted octanol–water partition coefficient (Wildman–Crippen LogP) is 0.704. The molecule has 1 saturated heterocycles. The molecule has 4 heteroatoms. The van der Waals surface area contributed by atoms with Gasteiger partial charge in [0.05, 0.1) is 11.7 Å². The number of hydrogen-bond donors (Lipinski definition) is 2. The molecule has 1 fully saturated rings. The van der Waals surface area contributed by atoms with E-state index in [-0.39, 0.29) is 17.9 Å². The van der Waals surface area contributed by atoms with Crippen molar-refractivity contribution in [1.29, 1.82) is 0 Å². The van der Waals surface area contributed by atoms with Crippen molar-refractivity contribution in [2.45, 2.75) is 18.4 Å². The summed E-state index contributed by atoms with van der Waals surface area (Å²) in [4.78, 5) is 15.7. The highest BCUT2D eigenvalue weighted by molar-refractivity contribution is 6.01. The molecule has 4 nitrogen and oxygen atoms in total. The highest BCUT2D eigenvalue weighted by Crippen LogP contribution is 2.39. The van der Waals surface area contributed by atoms with E-state index < -0.39 is 0 Å². The van der Waals surface area contributed by atoms with Crippen LogP contribution in [-0.2, 0) is 4.79 Å². The molecule has 0 saturated carbocycles. The summed E-state index contributed by atoms with van der Waals surface area (Å²) in [6.07, 6.45) is 0.727. The van der Waals surface area contributed by atoms with Crippen molar-refractivity contribution in [1.82, 2.24) is 5.32 Å². The minimum absolute atomic E-state index is 0.227. The second kappa shape index (κ2) is 3.42. The van der Waals surface area contributed by atoms with E-state index in [0.717, 1.165) is 17.8 Å². The van der Waals surface area contributed by atoms with Crippen LogP contribution in [0.25, 0.3) is 0 Å². The molecule has 2 atom stereocenters. The van der Waals surface area contributed by atoms with Gasteiger partial charge in [0, 0.05) is 18.2 Å². The van der Waals surface area contributed by atoms with E-state index in [1.54, 1.807) is 0 Å². The summed E-state index contributed by atoms with van der Waals surface area (Å²) in [5.74, 6) is -0.00150. The van der Waals surface area contributed by atoms with E-state index >= 15 is 0 Å². The third-order valence-electron chi connectivity index (χ3n) is 3.32. The first-order chi connectivity index (χ1) is 7.75. The lowest BCUT2D eigenvalue weighted by Gasteiger charge is -2.27. The molecular weight excluding hydrogens is 202 g/mol. The van der Waals surface area contributed by atoms with Crippen LogP contribution in [0.1, 0.15) is 17.9 Å². The van der Waals surface area contributed by atoms with Crippen LogP contribution < -0.4 is 11.1 Å². The number of benzene rings is 1. The van der Waals surface area contributed by atoms with Crippen LogP contribution in [0.4, 0.5) is 5.69 Å². The third-order valence-corrected chi connectivity index (χ3v) is 3.32. The topological polar surface area (TPSA) is 67.5 Å². The molecule has 3 rings (SSSR count). The summed E-state index contributed by atoms with van der Waals surface area (Å²) in [6, 6.07) is 7.87. The van der Waals surface area contributed by atoms with Crippen LogP contribution in [0.2, 0.25) is 0 Å². The zero-order valence-electron chi connectivity index (χ0n) is 8.81.